The van der Waals surface area contributed by atoms with Gasteiger partial charge in [-0.1, -0.05) is 29.8 Å². The number of thiazole rings is 1. The number of aromatic nitrogens is 1. The molecule has 0 saturated heterocycles. The minimum absolute atomic E-state index is 0.287. The highest BCUT2D eigenvalue weighted by atomic mass is 32.1. The molecule has 0 bridgehead atoms. The van der Waals surface area contributed by atoms with Gasteiger partial charge in [0.1, 0.15) is 5.01 Å². The fourth-order valence-corrected chi connectivity index (χ4v) is 3.12. The largest absolute Gasteiger partial charge is 0.478 e. The Balaban J connectivity index is 1.96. The maximum atomic E-state index is 10.9. The van der Waals surface area contributed by atoms with Crippen molar-refractivity contribution in [2.24, 2.45) is 0 Å². The van der Waals surface area contributed by atoms with E-state index in [4.69, 9.17) is 10.1 Å². The van der Waals surface area contributed by atoms with Crippen LogP contribution < -0.4 is 0 Å². The van der Waals surface area contributed by atoms with Gasteiger partial charge in [-0.05, 0) is 37.6 Å². The SMILES string of the molecule is Cc1ccc(C)c(-c2csc(-c3ccc(C(=O)O)cc3)n2)c1. The van der Waals surface area contributed by atoms with E-state index in [1.165, 1.54) is 11.1 Å². The summed E-state index contributed by atoms with van der Waals surface area (Å²) in [6.45, 7) is 4.15. The number of nitrogens with zero attached hydrogens (tertiary/aromatic N) is 1. The smallest absolute Gasteiger partial charge is 0.335 e. The molecule has 22 heavy (non-hydrogen) atoms. The minimum atomic E-state index is -0.915. The predicted molar refractivity (Wildman–Crippen MR) is 89.4 cm³/mol. The Morgan fingerprint density at radius 1 is 1.09 bits per heavy atom. The summed E-state index contributed by atoms with van der Waals surface area (Å²) in [6.07, 6.45) is 0. The number of aryl methyl sites for hydroxylation is 2. The van der Waals surface area contributed by atoms with E-state index in [1.807, 2.05) is 5.38 Å². The van der Waals surface area contributed by atoms with Crippen LogP contribution in [-0.4, -0.2) is 16.1 Å². The Kier molecular flexibility index (Phi) is 3.77. The Hall–Kier alpha value is -2.46. The topological polar surface area (TPSA) is 50.2 Å². The van der Waals surface area contributed by atoms with Crippen LogP contribution in [0.3, 0.4) is 0 Å². The summed E-state index contributed by atoms with van der Waals surface area (Å²) in [5.41, 5.74) is 5.74. The number of benzene rings is 2. The lowest BCUT2D eigenvalue weighted by Crippen LogP contribution is -1.94. The van der Waals surface area contributed by atoms with Crippen LogP contribution in [0.15, 0.2) is 47.8 Å². The number of hydrogen-bond acceptors (Lipinski definition) is 3. The van der Waals surface area contributed by atoms with Gasteiger partial charge in [-0.3, -0.25) is 0 Å². The Labute approximate surface area is 132 Å². The van der Waals surface area contributed by atoms with E-state index in [0.29, 0.717) is 0 Å². The quantitative estimate of drug-likeness (QED) is 0.756. The predicted octanol–water partition coefficient (Wildman–Crippen LogP) is 4.79. The lowest BCUT2D eigenvalue weighted by atomic mass is 10.0. The van der Waals surface area contributed by atoms with E-state index >= 15 is 0 Å². The van der Waals surface area contributed by atoms with Crippen LogP contribution in [0.5, 0.6) is 0 Å². The van der Waals surface area contributed by atoms with Crippen LogP contribution in [0.25, 0.3) is 21.8 Å². The molecular weight excluding hydrogens is 294 g/mol. The molecule has 110 valence electrons. The minimum Gasteiger partial charge on any atom is -0.478 e. The molecule has 0 aliphatic heterocycles. The fourth-order valence-electron chi connectivity index (χ4n) is 2.30. The molecule has 0 fully saturated rings. The molecule has 0 saturated carbocycles. The molecule has 0 spiro atoms. The van der Waals surface area contributed by atoms with E-state index in [1.54, 1.807) is 35.6 Å². The van der Waals surface area contributed by atoms with Crippen molar-refractivity contribution in [3.05, 3.63) is 64.5 Å². The molecule has 1 N–H and O–H groups in total. The summed E-state index contributed by atoms with van der Waals surface area (Å²) in [6, 6.07) is 13.2. The van der Waals surface area contributed by atoms with Gasteiger partial charge in [0.05, 0.1) is 11.3 Å². The van der Waals surface area contributed by atoms with Crippen molar-refractivity contribution in [1.82, 2.24) is 4.98 Å². The third kappa shape index (κ3) is 2.78. The van der Waals surface area contributed by atoms with Crippen LogP contribution in [0.4, 0.5) is 0 Å². The van der Waals surface area contributed by atoms with E-state index in [0.717, 1.165) is 21.8 Å². The Bertz CT molecular complexity index is 835. The van der Waals surface area contributed by atoms with Crippen molar-refractivity contribution in [3.63, 3.8) is 0 Å². The summed E-state index contributed by atoms with van der Waals surface area (Å²) in [5, 5.41) is 11.9. The van der Waals surface area contributed by atoms with Gasteiger partial charge in [0.15, 0.2) is 0 Å². The highest BCUT2D eigenvalue weighted by Gasteiger charge is 2.10. The lowest BCUT2D eigenvalue weighted by Gasteiger charge is -2.03. The zero-order chi connectivity index (χ0) is 15.7. The van der Waals surface area contributed by atoms with Crippen molar-refractivity contribution in [1.29, 1.82) is 0 Å². The number of carboxylic acid groups (broad SMARTS) is 1. The highest BCUT2D eigenvalue weighted by Crippen LogP contribution is 2.31. The second-order valence-electron chi connectivity index (χ2n) is 5.24. The second-order valence-corrected chi connectivity index (χ2v) is 6.10. The van der Waals surface area contributed by atoms with Crippen molar-refractivity contribution in [2.75, 3.05) is 0 Å². The maximum absolute atomic E-state index is 10.9. The van der Waals surface area contributed by atoms with Crippen LogP contribution in [0.2, 0.25) is 0 Å². The van der Waals surface area contributed by atoms with E-state index in [2.05, 4.69) is 32.0 Å². The zero-order valence-corrected chi connectivity index (χ0v) is 13.1. The summed E-state index contributed by atoms with van der Waals surface area (Å²) in [7, 11) is 0. The van der Waals surface area contributed by atoms with Gasteiger partial charge in [0, 0.05) is 16.5 Å². The van der Waals surface area contributed by atoms with Gasteiger partial charge in [0.25, 0.3) is 0 Å². The van der Waals surface area contributed by atoms with Gasteiger partial charge in [-0.15, -0.1) is 11.3 Å². The first kappa shape index (κ1) is 14.5. The number of rotatable bonds is 3. The number of aromatic carboxylic acids is 1. The van der Waals surface area contributed by atoms with Crippen LogP contribution in [0, 0.1) is 13.8 Å². The van der Waals surface area contributed by atoms with E-state index in [-0.39, 0.29) is 5.56 Å². The lowest BCUT2D eigenvalue weighted by molar-refractivity contribution is 0.0697. The van der Waals surface area contributed by atoms with Crippen LogP contribution >= 0.6 is 11.3 Å². The monoisotopic (exact) mass is 309 g/mol. The summed E-state index contributed by atoms with van der Waals surface area (Å²) in [4.78, 5) is 15.6. The Morgan fingerprint density at radius 3 is 2.50 bits per heavy atom. The van der Waals surface area contributed by atoms with Crippen LogP contribution in [0.1, 0.15) is 21.5 Å². The number of carbonyl (C=O) groups is 1. The average Bonchev–Trinajstić information content (AvgIpc) is 2.99. The van der Waals surface area contributed by atoms with Gasteiger partial charge in [-0.25, -0.2) is 9.78 Å². The second kappa shape index (κ2) is 5.73. The van der Waals surface area contributed by atoms with Crippen molar-refractivity contribution >= 4 is 17.3 Å². The molecule has 3 rings (SSSR count). The summed E-state index contributed by atoms with van der Waals surface area (Å²) in [5.74, 6) is -0.915. The first-order chi connectivity index (χ1) is 10.5. The molecule has 0 atom stereocenters. The Morgan fingerprint density at radius 2 is 1.82 bits per heavy atom. The molecule has 0 radical (unpaired) electrons. The molecule has 1 heterocycles. The standard InChI is InChI=1S/C18H15NO2S/c1-11-3-4-12(2)15(9-11)16-10-22-17(19-16)13-5-7-14(8-6-13)18(20)21/h3-10H,1-2H3,(H,20,21). The fraction of sp³-hybridized carbons (Fsp3) is 0.111. The zero-order valence-electron chi connectivity index (χ0n) is 12.3. The van der Waals surface area contributed by atoms with Crippen molar-refractivity contribution < 1.29 is 9.90 Å². The normalized spacial score (nSPS) is 10.6. The summed E-state index contributed by atoms with van der Waals surface area (Å²) < 4.78 is 0. The molecule has 3 nitrogen and oxygen atoms in total. The molecule has 2 aromatic carbocycles. The number of hydrogen-bond donors (Lipinski definition) is 1. The van der Waals surface area contributed by atoms with Gasteiger partial charge >= 0.3 is 5.97 Å². The van der Waals surface area contributed by atoms with Crippen LogP contribution in [-0.2, 0) is 0 Å². The maximum Gasteiger partial charge on any atom is 0.335 e. The van der Waals surface area contributed by atoms with Crippen molar-refractivity contribution in [3.8, 4) is 21.8 Å². The molecule has 0 unspecified atom stereocenters. The van der Waals surface area contributed by atoms with Gasteiger partial charge < -0.3 is 5.11 Å². The van der Waals surface area contributed by atoms with Gasteiger partial charge in [0.2, 0.25) is 0 Å². The van der Waals surface area contributed by atoms with Gasteiger partial charge in [-0.2, -0.15) is 0 Å². The number of carboxylic acids is 1. The molecule has 3 aromatic rings. The third-order valence-corrected chi connectivity index (χ3v) is 4.44. The molecule has 4 heteroatoms. The average molecular weight is 309 g/mol. The molecule has 1 aromatic heterocycles. The molecule has 0 amide bonds. The van der Waals surface area contributed by atoms with Crippen molar-refractivity contribution in [2.45, 2.75) is 13.8 Å². The first-order valence-electron chi connectivity index (χ1n) is 6.91. The highest BCUT2D eigenvalue weighted by molar-refractivity contribution is 7.13. The molecule has 0 aliphatic rings. The third-order valence-electron chi connectivity index (χ3n) is 3.55. The first-order valence-corrected chi connectivity index (χ1v) is 7.79. The van der Waals surface area contributed by atoms with E-state index < -0.39 is 5.97 Å². The molecule has 0 aliphatic carbocycles. The summed E-state index contributed by atoms with van der Waals surface area (Å²) >= 11 is 1.57. The van der Waals surface area contributed by atoms with E-state index in [9.17, 15) is 4.79 Å². The molecular formula is C18H15NO2S.